The second-order valence-electron chi connectivity index (χ2n) is 9.50. The zero-order valence-electron chi connectivity index (χ0n) is 23.1. The molecule has 3 amide bonds. The number of nitrogens with two attached hydrogens (primary N) is 3. The van der Waals surface area contributed by atoms with Crippen LogP contribution in [0.2, 0.25) is 0 Å². The number of Topliss-reactive ketones (excluding diaryl/α,β-unsaturated/α-hetero) is 1. The largest absolute Gasteiger partial charge is 0.480 e. The molecular weight excluding hydrogens is 506 g/mol. The van der Waals surface area contributed by atoms with Crippen LogP contribution in [-0.2, 0) is 30.4 Å². The van der Waals surface area contributed by atoms with Gasteiger partial charge in [-0.05, 0) is 37.7 Å². The molecule has 1 aliphatic rings. The highest BCUT2D eigenvalue weighted by molar-refractivity contribution is 6.11. The Morgan fingerprint density at radius 1 is 1.18 bits per heavy atom. The topological polar surface area (TPSA) is 223 Å². The molecule has 13 nitrogen and oxygen atoms in total. The van der Waals surface area contributed by atoms with E-state index >= 15 is 0 Å². The maximum atomic E-state index is 13.6. The molecule has 1 aromatic carbocycles. The van der Waals surface area contributed by atoms with E-state index in [9.17, 15) is 29.1 Å². The Balaban J connectivity index is 2.26. The van der Waals surface area contributed by atoms with E-state index in [-0.39, 0.29) is 44.7 Å². The van der Waals surface area contributed by atoms with Crippen molar-refractivity contribution in [1.29, 1.82) is 0 Å². The number of aliphatic imine (C=N–C) groups is 1. The molecule has 0 aromatic heterocycles. The summed E-state index contributed by atoms with van der Waals surface area (Å²) in [5, 5.41) is 14.8. The number of likely N-dealkylation sites (tertiary alicyclic amines) is 1. The number of carbonyl (C=O) groups is 5. The SMILES string of the molecule is [2H]CC(=O)N[C@@H](Cc1ccccc1)C(=O)N1CCC[C@H]1C(=O)N[C@@H](CCCN=C(N)N)C(=O)C(N)(CC)C(=O)O. The van der Waals surface area contributed by atoms with Gasteiger partial charge >= 0.3 is 5.97 Å². The first-order valence-electron chi connectivity index (χ1n) is 13.5. The lowest BCUT2D eigenvalue weighted by molar-refractivity contribution is -0.150. The van der Waals surface area contributed by atoms with Crippen molar-refractivity contribution in [3.8, 4) is 0 Å². The number of carboxylic acids is 1. The highest BCUT2D eigenvalue weighted by Crippen LogP contribution is 2.21. The van der Waals surface area contributed by atoms with Crippen LogP contribution in [0.25, 0.3) is 0 Å². The molecule has 1 aliphatic heterocycles. The molecule has 1 unspecified atom stereocenters. The first-order valence-corrected chi connectivity index (χ1v) is 12.8. The first kappa shape index (κ1) is 29.6. The maximum absolute atomic E-state index is 13.6. The minimum absolute atomic E-state index is 0.0183. The van der Waals surface area contributed by atoms with Crippen molar-refractivity contribution < 1.29 is 30.4 Å². The number of aliphatic carboxylic acids is 1. The summed E-state index contributed by atoms with van der Waals surface area (Å²) < 4.78 is 7.34. The van der Waals surface area contributed by atoms with Crippen LogP contribution >= 0.6 is 0 Å². The van der Waals surface area contributed by atoms with Gasteiger partial charge in [-0.25, -0.2) is 4.79 Å². The second-order valence-corrected chi connectivity index (χ2v) is 9.50. The van der Waals surface area contributed by atoms with Crippen LogP contribution in [0.1, 0.15) is 52.9 Å². The van der Waals surface area contributed by atoms with Gasteiger partial charge in [0.05, 0.1) is 6.04 Å². The number of carbonyl (C=O) groups excluding carboxylic acids is 4. The van der Waals surface area contributed by atoms with E-state index in [0.717, 1.165) is 5.56 Å². The van der Waals surface area contributed by atoms with Crippen LogP contribution < -0.4 is 27.8 Å². The third kappa shape index (κ3) is 8.50. The molecule has 9 N–H and O–H groups in total. The van der Waals surface area contributed by atoms with E-state index in [0.29, 0.717) is 12.8 Å². The molecule has 1 heterocycles. The van der Waals surface area contributed by atoms with Crippen LogP contribution in [0, 0.1) is 0 Å². The fourth-order valence-electron chi connectivity index (χ4n) is 4.53. The van der Waals surface area contributed by atoms with Crippen molar-refractivity contribution in [2.24, 2.45) is 22.2 Å². The number of carboxylic acid groups (broad SMARTS) is 1. The van der Waals surface area contributed by atoms with E-state index in [4.69, 9.17) is 18.6 Å². The average Bonchev–Trinajstić information content (AvgIpc) is 3.43. The molecule has 4 atom stereocenters. The highest BCUT2D eigenvalue weighted by atomic mass is 16.4. The third-order valence-corrected chi connectivity index (χ3v) is 6.71. The fourth-order valence-corrected chi connectivity index (χ4v) is 4.53. The van der Waals surface area contributed by atoms with Gasteiger partial charge in [0.1, 0.15) is 12.1 Å². The molecule has 1 fully saturated rings. The molecule has 1 saturated heterocycles. The Labute approximate surface area is 229 Å². The van der Waals surface area contributed by atoms with Gasteiger partial charge in [-0.1, -0.05) is 37.3 Å². The summed E-state index contributed by atoms with van der Waals surface area (Å²) in [6, 6.07) is 5.79. The van der Waals surface area contributed by atoms with Gasteiger partial charge in [0.25, 0.3) is 0 Å². The van der Waals surface area contributed by atoms with Gasteiger partial charge in [0.15, 0.2) is 17.3 Å². The van der Waals surface area contributed by atoms with Crippen molar-refractivity contribution in [2.75, 3.05) is 13.1 Å². The van der Waals surface area contributed by atoms with Crippen molar-refractivity contribution >= 4 is 35.4 Å². The quantitative estimate of drug-likeness (QED) is 0.0729. The van der Waals surface area contributed by atoms with Gasteiger partial charge in [0.2, 0.25) is 17.7 Å². The second kappa shape index (κ2) is 14.2. The third-order valence-electron chi connectivity index (χ3n) is 6.71. The normalized spacial score (nSPS) is 18.2. The monoisotopic (exact) mass is 546 g/mol. The summed E-state index contributed by atoms with van der Waals surface area (Å²) >= 11 is 0. The van der Waals surface area contributed by atoms with E-state index in [1.165, 1.54) is 11.8 Å². The minimum atomic E-state index is -2.22. The van der Waals surface area contributed by atoms with Crippen molar-refractivity contribution in [3.63, 3.8) is 0 Å². The number of amides is 3. The van der Waals surface area contributed by atoms with E-state index < -0.39 is 60.0 Å². The summed E-state index contributed by atoms with van der Waals surface area (Å²) in [4.78, 5) is 69.3. The number of hydrogen-bond donors (Lipinski definition) is 6. The predicted molar refractivity (Wildman–Crippen MR) is 144 cm³/mol. The van der Waals surface area contributed by atoms with Crippen molar-refractivity contribution in [3.05, 3.63) is 35.9 Å². The zero-order chi connectivity index (χ0) is 29.9. The summed E-state index contributed by atoms with van der Waals surface area (Å²) in [6.07, 6.45) is 1.03. The standard InChI is InChI=1S/C26H39N7O6/c1-3-26(29,24(38)39)21(35)18(11-7-13-30-25(27)28)32-22(36)20-12-8-14-33(20)23(37)19(31-16(2)34)15-17-9-5-4-6-10-17/h4-6,9-10,18-20H,3,7-8,11-15,29H2,1-2H3,(H,31,34)(H,32,36)(H,38,39)(H4,27,28,30)/t18-,19-,20-,26?/m0/s1/i2D. The molecule has 0 aliphatic carbocycles. The number of nitrogens with zero attached hydrogens (tertiary/aromatic N) is 2. The van der Waals surface area contributed by atoms with Crippen LogP contribution in [0.4, 0.5) is 0 Å². The number of hydrogen-bond acceptors (Lipinski definition) is 7. The number of ketones is 1. The molecule has 13 heteroatoms. The van der Waals surface area contributed by atoms with Crippen LogP contribution in [-0.4, -0.2) is 82.2 Å². The van der Waals surface area contributed by atoms with Crippen molar-refractivity contribution in [1.82, 2.24) is 15.5 Å². The van der Waals surface area contributed by atoms with Gasteiger partial charge in [-0.2, -0.15) is 0 Å². The van der Waals surface area contributed by atoms with E-state index in [1.54, 1.807) is 24.3 Å². The van der Waals surface area contributed by atoms with E-state index in [1.807, 2.05) is 6.07 Å². The average molecular weight is 547 g/mol. The Kier molecular flexibility index (Phi) is 10.8. The van der Waals surface area contributed by atoms with Gasteiger partial charge in [0, 0.05) is 27.8 Å². The molecular formula is C26H39N7O6. The Hall–Kier alpha value is -4.00. The Morgan fingerprint density at radius 3 is 2.46 bits per heavy atom. The molecule has 0 bridgehead atoms. The predicted octanol–water partition coefficient (Wildman–Crippen LogP) is -0.976. The molecule has 1 aromatic rings. The minimum Gasteiger partial charge on any atom is -0.480 e. The number of rotatable bonds is 14. The fraction of sp³-hybridized carbons (Fsp3) is 0.538. The highest BCUT2D eigenvalue weighted by Gasteiger charge is 2.45. The lowest BCUT2D eigenvalue weighted by atomic mass is 9.86. The summed E-state index contributed by atoms with van der Waals surface area (Å²) in [5.74, 6) is -4.31. The van der Waals surface area contributed by atoms with E-state index in [2.05, 4.69) is 15.6 Å². The Bertz CT molecular complexity index is 1100. The maximum Gasteiger partial charge on any atom is 0.331 e. The summed E-state index contributed by atoms with van der Waals surface area (Å²) in [6.45, 7) is 1.28. The van der Waals surface area contributed by atoms with Crippen molar-refractivity contribution in [2.45, 2.75) is 76.0 Å². The Morgan fingerprint density at radius 2 is 1.87 bits per heavy atom. The summed E-state index contributed by atoms with van der Waals surface area (Å²) in [7, 11) is 0. The van der Waals surface area contributed by atoms with Gasteiger partial charge in [-0.15, -0.1) is 0 Å². The first-order chi connectivity index (χ1) is 18.9. The lowest BCUT2D eigenvalue weighted by Crippen LogP contribution is -2.62. The number of guanidine groups is 1. The zero-order valence-corrected chi connectivity index (χ0v) is 22.1. The summed E-state index contributed by atoms with van der Waals surface area (Å²) in [5.41, 5.74) is 15.2. The smallest absolute Gasteiger partial charge is 0.331 e. The molecule has 0 spiro atoms. The van der Waals surface area contributed by atoms with Gasteiger partial charge < -0.3 is 37.8 Å². The molecule has 214 valence electrons. The number of benzene rings is 1. The molecule has 0 radical (unpaired) electrons. The van der Waals surface area contributed by atoms with Crippen LogP contribution in [0.3, 0.4) is 0 Å². The van der Waals surface area contributed by atoms with Crippen LogP contribution in [0.15, 0.2) is 35.3 Å². The molecule has 39 heavy (non-hydrogen) atoms. The lowest BCUT2D eigenvalue weighted by Gasteiger charge is -2.31. The van der Waals surface area contributed by atoms with Gasteiger partial charge in [-0.3, -0.25) is 24.2 Å². The molecule has 2 rings (SSSR count). The number of nitrogens with one attached hydrogen (secondary N) is 2. The molecule has 0 saturated carbocycles. The van der Waals surface area contributed by atoms with Crippen LogP contribution in [0.5, 0.6) is 0 Å².